The summed E-state index contributed by atoms with van der Waals surface area (Å²) in [5.41, 5.74) is 4.08. The van der Waals surface area contributed by atoms with Crippen LogP contribution in [0, 0.1) is 0 Å². The summed E-state index contributed by atoms with van der Waals surface area (Å²) in [7, 11) is 0. The minimum absolute atomic E-state index is 0.249. The van der Waals surface area contributed by atoms with Crippen LogP contribution in [0.5, 0.6) is 0 Å². The lowest BCUT2D eigenvalue weighted by molar-refractivity contribution is -0.329. The van der Waals surface area contributed by atoms with Crippen molar-refractivity contribution >= 4 is 0 Å². The van der Waals surface area contributed by atoms with E-state index in [0.717, 1.165) is 22.3 Å². The standard InChI is InChI=1S/C34H36O6/c35-21-30-31(36-22-26-13-5-1-6-14-26)32(37-23-27-15-7-2-8-16-27)33(38-24-28-17-9-3-10-18-28)34(40-30)39-25-29-19-11-4-12-20-29/h1-20,30-35H,21-25H2/t30-,31+,32+,33-,34?/m1/s1. The van der Waals surface area contributed by atoms with Crippen molar-refractivity contribution in [1.29, 1.82) is 0 Å². The number of rotatable bonds is 13. The van der Waals surface area contributed by atoms with Crippen molar-refractivity contribution in [3.05, 3.63) is 144 Å². The largest absolute Gasteiger partial charge is 0.394 e. The van der Waals surface area contributed by atoms with Gasteiger partial charge in [-0.25, -0.2) is 0 Å². The monoisotopic (exact) mass is 540 g/mol. The second-order valence-electron chi connectivity index (χ2n) is 9.81. The molecule has 0 aliphatic carbocycles. The summed E-state index contributed by atoms with van der Waals surface area (Å²) >= 11 is 0. The lowest BCUT2D eigenvalue weighted by Gasteiger charge is -2.45. The molecule has 1 aliphatic rings. The van der Waals surface area contributed by atoms with Crippen LogP contribution in [0.15, 0.2) is 121 Å². The highest BCUT2D eigenvalue weighted by atomic mass is 16.7. The van der Waals surface area contributed by atoms with Gasteiger partial charge in [-0.15, -0.1) is 0 Å². The van der Waals surface area contributed by atoms with Crippen molar-refractivity contribution in [2.45, 2.75) is 57.1 Å². The molecule has 4 aromatic carbocycles. The highest BCUT2D eigenvalue weighted by Gasteiger charge is 2.48. The smallest absolute Gasteiger partial charge is 0.187 e. The van der Waals surface area contributed by atoms with Crippen molar-refractivity contribution in [2.75, 3.05) is 6.61 Å². The van der Waals surface area contributed by atoms with Crippen LogP contribution in [-0.4, -0.2) is 42.4 Å². The van der Waals surface area contributed by atoms with Crippen molar-refractivity contribution in [2.24, 2.45) is 0 Å². The van der Waals surface area contributed by atoms with Crippen LogP contribution in [0.25, 0.3) is 0 Å². The summed E-state index contributed by atoms with van der Waals surface area (Å²) in [6.45, 7) is 1.13. The molecule has 6 heteroatoms. The van der Waals surface area contributed by atoms with Gasteiger partial charge in [0.1, 0.15) is 24.4 Å². The minimum atomic E-state index is -0.779. The van der Waals surface area contributed by atoms with Gasteiger partial charge in [0, 0.05) is 0 Å². The van der Waals surface area contributed by atoms with Crippen LogP contribution < -0.4 is 0 Å². The first-order valence-electron chi connectivity index (χ1n) is 13.7. The predicted octanol–water partition coefficient (Wildman–Crippen LogP) is 5.68. The van der Waals surface area contributed by atoms with E-state index in [1.54, 1.807) is 0 Å². The molecule has 0 bridgehead atoms. The maximum atomic E-state index is 10.4. The molecule has 1 unspecified atom stereocenters. The van der Waals surface area contributed by atoms with Crippen LogP contribution in [-0.2, 0) is 50.1 Å². The Morgan fingerprint density at radius 3 is 1.20 bits per heavy atom. The van der Waals surface area contributed by atoms with E-state index in [1.807, 2.05) is 121 Å². The van der Waals surface area contributed by atoms with Crippen molar-refractivity contribution in [1.82, 2.24) is 0 Å². The quantitative estimate of drug-likeness (QED) is 0.236. The van der Waals surface area contributed by atoms with Crippen LogP contribution in [0.2, 0.25) is 0 Å². The maximum Gasteiger partial charge on any atom is 0.187 e. The first-order valence-corrected chi connectivity index (χ1v) is 13.7. The molecular formula is C34H36O6. The molecule has 1 fully saturated rings. The van der Waals surface area contributed by atoms with Crippen LogP contribution in [0.3, 0.4) is 0 Å². The van der Waals surface area contributed by atoms with Gasteiger partial charge < -0.3 is 28.8 Å². The van der Waals surface area contributed by atoms with Crippen molar-refractivity contribution < 1.29 is 28.8 Å². The summed E-state index contributed by atoms with van der Waals surface area (Å²) in [5, 5.41) is 10.4. The summed E-state index contributed by atoms with van der Waals surface area (Å²) in [6, 6.07) is 39.8. The molecule has 0 saturated carbocycles. The molecule has 0 aromatic heterocycles. The maximum absolute atomic E-state index is 10.4. The summed E-state index contributed by atoms with van der Waals surface area (Å²) in [6.07, 6.45) is -3.22. The zero-order chi connectivity index (χ0) is 27.4. The number of ether oxygens (including phenoxy) is 5. The Balaban J connectivity index is 1.41. The number of aliphatic hydroxyl groups is 1. The summed E-state index contributed by atoms with van der Waals surface area (Å²) in [5.74, 6) is 0. The first-order chi connectivity index (χ1) is 19.8. The van der Waals surface area contributed by atoms with Gasteiger partial charge in [-0.2, -0.15) is 0 Å². The van der Waals surface area contributed by atoms with E-state index in [-0.39, 0.29) is 6.61 Å². The number of benzene rings is 4. The lowest BCUT2D eigenvalue weighted by Crippen LogP contribution is -2.61. The lowest BCUT2D eigenvalue weighted by atomic mass is 9.97. The Hall–Kier alpha value is -3.36. The van der Waals surface area contributed by atoms with Gasteiger partial charge in [-0.3, -0.25) is 0 Å². The molecule has 1 aliphatic heterocycles. The SMILES string of the molecule is OC[C@H]1OC(OCc2ccccc2)[C@H](OCc2ccccc2)[C@@H](OCc2ccccc2)[C@H]1OCc1ccccc1. The highest BCUT2D eigenvalue weighted by molar-refractivity contribution is 5.16. The molecule has 5 rings (SSSR count). The molecule has 0 spiro atoms. The van der Waals surface area contributed by atoms with Crippen LogP contribution in [0.1, 0.15) is 22.3 Å². The zero-order valence-corrected chi connectivity index (χ0v) is 22.5. The van der Waals surface area contributed by atoms with Crippen molar-refractivity contribution in [3.63, 3.8) is 0 Å². The number of hydrogen-bond acceptors (Lipinski definition) is 6. The van der Waals surface area contributed by atoms with E-state index < -0.39 is 30.7 Å². The van der Waals surface area contributed by atoms with E-state index >= 15 is 0 Å². The third-order valence-corrected chi connectivity index (χ3v) is 6.88. The molecule has 6 nitrogen and oxygen atoms in total. The second kappa shape index (κ2) is 14.9. The van der Waals surface area contributed by atoms with Gasteiger partial charge in [-0.05, 0) is 22.3 Å². The van der Waals surface area contributed by atoms with Crippen LogP contribution >= 0.6 is 0 Å². The molecule has 0 radical (unpaired) electrons. The van der Waals surface area contributed by atoms with E-state index in [2.05, 4.69) is 0 Å². The summed E-state index contributed by atoms with van der Waals surface area (Å²) in [4.78, 5) is 0. The molecule has 1 heterocycles. The van der Waals surface area contributed by atoms with Crippen molar-refractivity contribution in [3.8, 4) is 0 Å². The van der Waals surface area contributed by atoms with Gasteiger partial charge in [0.15, 0.2) is 6.29 Å². The average Bonchev–Trinajstić information content (AvgIpc) is 3.03. The molecule has 5 atom stereocenters. The first kappa shape index (κ1) is 28.2. The molecule has 1 saturated heterocycles. The Bertz CT molecular complexity index is 1240. The number of hydrogen-bond donors (Lipinski definition) is 1. The average molecular weight is 541 g/mol. The second-order valence-corrected chi connectivity index (χ2v) is 9.81. The third-order valence-electron chi connectivity index (χ3n) is 6.88. The Kier molecular flexibility index (Phi) is 10.5. The topological polar surface area (TPSA) is 66.4 Å². The molecule has 40 heavy (non-hydrogen) atoms. The Morgan fingerprint density at radius 1 is 0.450 bits per heavy atom. The number of aliphatic hydroxyl groups excluding tert-OH is 1. The highest BCUT2D eigenvalue weighted by Crippen LogP contribution is 2.31. The van der Waals surface area contributed by atoms with Crippen LogP contribution in [0.4, 0.5) is 0 Å². The van der Waals surface area contributed by atoms with Gasteiger partial charge in [-0.1, -0.05) is 121 Å². The molecule has 1 N–H and O–H groups in total. The molecule has 4 aromatic rings. The Morgan fingerprint density at radius 2 is 0.800 bits per heavy atom. The van der Waals surface area contributed by atoms with Gasteiger partial charge in [0.25, 0.3) is 0 Å². The predicted molar refractivity (Wildman–Crippen MR) is 152 cm³/mol. The fourth-order valence-corrected chi connectivity index (χ4v) is 4.78. The van der Waals surface area contributed by atoms with E-state index in [4.69, 9.17) is 23.7 Å². The van der Waals surface area contributed by atoms with E-state index in [0.29, 0.717) is 26.4 Å². The van der Waals surface area contributed by atoms with E-state index in [1.165, 1.54) is 0 Å². The van der Waals surface area contributed by atoms with E-state index in [9.17, 15) is 5.11 Å². The normalized spacial score (nSPS) is 22.7. The molecule has 208 valence electrons. The molecule has 0 amide bonds. The Labute approximate surface area is 236 Å². The summed E-state index contributed by atoms with van der Waals surface area (Å²) < 4.78 is 32.1. The zero-order valence-electron chi connectivity index (χ0n) is 22.5. The fourth-order valence-electron chi connectivity index (χ4n) is 4.78. The fraction of sp³-hybridized carbons (Fsp3) is 0.294. The minimum Gasteiger partial charge on any atom is -0.394 e. The van der Waals surface area contributed by atoms with Gasteiger partial charge in [0.2, 0.25) is 0 Å². The third kappa shape index (κ3) is 7.86. The van der Waals surface area contributed by atoms with Gasteiger partial charge in [0.05, 0.1) is 33.0 Å². The van der Waals surface area contributed by atoms with Gasteiger partial charge >= 0.3 is 0 Å². The molecular weight excluding hydrogens is 504 g/mol.